The van der Waals surface area contributed by atoms with Crippen molar-refractivity contribution in [2.45, 2.75) is 83.3 Å². The predicted octanol–water partition coefficient (Wildman–Crippen LogP) is 3.76. The van der Waals surface area contributed by atoms with E-state index in [1.54, 1.807) is 0 Å². The SMILES string of the molecule is CC(C)c1c(CNC2CC2)cnn1C1CCCCC1. The molecule has 2 fully saturated rings. The van der Waals surface area contributed by atoms with Gasteiger partial charge in [-0.3, -0.25) is 4.68 Å². The van der Waals surface area contributed by atoms with E-state index in [4.69, 9.17) is 5.10 Å². The van der Waals surface area contributed by atoms with Crippen molar-refractivity contribution in [2.75, 3.05) is 0 Å². The highest BCUT2D eigenvalue weighted by atomic mass is 15.3. The number of hydrogen-bond acceptors (Lipinski definition) is 2. The standard InChI is InChI=1S/C16H27N3/c1-12(2)16-13(10-17-14-8-9-14)11-18-19(16)15-6-4-3-5-7-15/h11-12,14-15,17H,3-10H2,1-2H3. The summed E-state index contributed by atoms with van der Waals surface area (Å²) < 4.78 is 2.35. The third kappa shape index (κ3) is 3.02. The van der Waals surface area contributed by atoms with Gasteiger partial charge in [-0.1, -0.05) is 33.1 Å². The van der Waals surface area contributed by atoms with E-state index in [1.165, 1.54) is 56.2 Å². The van der Waals surface area contributed by atoms with E-state index >= 15 is 0 Å². The van der Waals surface area contributed by atoms with E-state index in [9.17, 15) is 0 Å². The Hall–Kier alpha value is -0.830. The Morgan fingerprint density at radius 2 is 1.95 bits per heavy atom. The van der Waals surface area contributed by atoms with Gasteiger partial charge in [0.05, 0.1) is 12.2 Å². The molecule has 0 bridgehead atoms. The van der Waals surface area contributed by atoms with Crippen LogP contribution in [0, 0.1) is 0 Å². The van der Waals surface area contributed by atoms with Gasteiger partial charge in [0.25, 0.3) is 0 Å². The monoisotopic (exact) mass is 261 g/mol. The van der Waals surface area contributed by atoms with Gasteiger partial charge in [-0.2, -0.15) is 5.10 Å². The Morgan fingerprint density at radius 1 is 1.21 bits per heavy atom. The van der Waals surface area contributed by atoms with Gasteiger partial charge in [-0.05, 0) is 31.6 Å². The molecule has 1 heterocycles. The normalized spacial score (nSPS) is 21.2. The second-order valence-electron chi connectivity index (χ2n) is 6.60. The summed E-state index contributed by atoms with van der Waals surface area (Å²) in [4.78, 5) is 0. The van der Waals surface area contributed by atoms with E-state index in [1.807, 2.05) is 0 Å². The molecule has 19 heavy (non-hydrogen) atoms. The average Bonchev–Trinajstić information content (AvgIpc) is 3.15. The van der Waals surface area contributed by atoms with Gasteiger partial charge in [0.15, 0.2) is 0 Å². The molecule has 2 aliphatic carbocycles. The number of nitrogens with zero attached hydrogens (tertiary/aromatic N) is 2. The van der Waals surface area contributed by atoms with Crippen molar-refractivity contribution >= 4 is 0 Å². The summed E-state index contributed by atoms with van der Waals surface area (Å²) in [5.41, 5.74) is 2.90. The Morgan fingerprint density at radius 3 is 2.58 bits per heavy atom. The molecule has 2 saturated carbocycles. The third-order valence-corrected chi connectivity index (χ3v) is 4.54. The summed E-state index contributed by atoms with van der Waals surface area (Å²) in [5.74, 6) is 0.570. The van der Waals surface area contributed by atoms with Gasteiger partial charge >= 0.3 is 0 Å². The summed E-state index contributed by atoms with van der Waals surface area (Å²) in [6.07, 6.45) is 11.6. The van der Waals surface area contributed by atoms with Crippen molar-refractivity contribution in [3.05, 3.63) is 17.5 Å². The van der Waals surface area contributed by atoms with Gasteiger partial charge in [0.2, 0.25) is 0 Å². The highest BCUT2D eigenvalue weighted by Gasteiger charge is 2.24. The second kappa shape index (κ2) is 5.66. The number of nitrogens with one attached hydrogen (secondary N) is 1. The van der Waals surface area contributed by atoms with Crippen LogP contribution in [0.25, 0.3) is 0 Å². The molecule has 0 radical (unpaired) electrons. The summed E-state index contributed by atoms with van der Waals surface area (Å²) in [7, 11) is 0. The van der Waals surface area contributed by atoms with Gasteiger partial charge in [-0.15, -0.1) is 0 Å². The van der Waals surface area contributed by atoms with Crippen LogP contribution in [0.3, 0.4) is 0 Å². The molecule has 0 unspecified atom stereocenters. The van der Waals surface area contributed by atoms with E-state index in [2.05, 4.69) is 30.0 Å². The topological polar surface area (TPSA) is 29.9 Å². The minimum Gasteiger partial charge on any atom is -0.310 e. The molecule has 0 amide bonds. The van der Waals surface area contributed by atoms with Crippen LogP contribution in [0.2, 0.25) is 0 Å². The molecule has 2 aliphatic rings. The zero-order chi connectivity index (χ0) is 13.2. The first kappa shape index (κ1) is 13.2. The fourth-order valence-electron chi connectivity index (χ4n) is 3.34. The van der Waals surface area contributed by atoms with Gasteiger partial charge in [-0.25, -0.2) is 0 Å². The minimum atomic E-state index is 0.570. The molecule has 3 rings (SSSR count). The summed E-state index contributed by atoms with van der Waals surface area (Å²) in [5, 5.41) is 8.37. The van der Waals surface area contributed by atoms with Crippen LogP contribution < -0.4 is 5.32 Å². The maximum absolute atomic E-state index is 4.74. The summed E-state index contributed by atoms with van der Waals surface area (Å²) in [6.45, 7) is 5.61. The first-order valence-electron chi connectivity index (χ1n) is 8.05. The lowest BCUT2D eigenvalue weighted by molar-refractivity contribution is 0.319. The summed E-state index contributed by atoms with van der Waals surface area (Å²) in [6, 6.07) is 1.43. The molecular weight excluding hydrogens is 234 g/mol. The van der Waals surface area contributed by atoms with Crippen molar-refractivity contribution in [1.29, 1.82) is 0 Å². The molecule has 1 aromatic heterocycles. The molecule has 106 valence electrons. The van der Waals surface area contributed by atoms with Crippen molar-refractivity contribution < 1.29 is 0 Å². The van der Waals surface area contributed by atoms with Crippen LogP contribution in [0.15, 0.2) is 6.20 Å². The van der Waals surface area contributed by atoms with E-state index < -0.39 is 0 Å². The van der Waals surface area contributed by atoms with E-state index in [0.29, 0.717) is 12.0 Å². The quantitative estimate of drug-likeness (QED) is 0.874. The maximum atomic E-state index is 4.74. The predicted molar refractivity (Wildman–Crippen MR) is 78.3 cm³/mol. The van der Waals surface area contributed by atoms with Crippen molar-refractivity contribution in [2.24, 2.45) is 0 Å². The van der Waals surface area contributed by atoms with Gasteiger partial charge in [0, 0.05) is 23.8 Å². The van der Waals surface area contributed by atoms with Crippen LogP contribution in [0.4, 0.5) is 0 Å². The largest absolute Gasteiger partial charge is 0.310 e. The highest BCUT2D eigenvalue weighted by molar-refractivity contribution is 5.22. The zero-order valence-electron chi connectivity index (χ0n) is 12.4. The number of rotatable bonds is 5. The minimum absolute atomic E-state index is 0.570. The molecule has 0 atom stereocenters. The second-order valence-corrected chi connectivity index (χ2v) is 6.60. The number of aromatic nitrogens is 2. The molecular formula is C16H27N3. The molecule has 0 aliphatic heterocycles. The van der Waals surface area contributed by atoms with Crippen molar-refractivity contribution in [1.82, 2.24) is 15.1 Å². The fraction of sp³-hybridized carbons (Fsp3) is 0.812. The average molecular weight is 261 g/mol. The number of hydrogen-bond donors (Lipinski definition) is 1. The van der Waals surface area contributed by atoms with Crippen LogP contribution >= 0.6 is 0 Å². The van der Waals surface area contributed by atoms with Crippen LogP contribution in [0.5, 0.6) is 0 Å². The Bertz CT molecular complexity index is 412. The Balaban J connectivity index is 1.77. The van der Waals surface area contributed by atoms with Crippen molar-refractivity contribution in [3.63, 3.8) is 0 Å². The van der Waals surface area contributed by atoms with Crippen LogP contribution in [-0.2, 0) is 6.54 Å². The van der Waals surface area contributed by atoms with E-state index in [-0.39, 0.29) is 0 Å². The molecule has 3 nitrogen and oxygen atoms in total. The Labute approximate surface area is 116 Å². The zero-order valence-corrected chi connectivity index (χ0v) is 12.4. The van der Waals surface area contributed by atoms with Gasteiger partial charge < -0.3 is 5.32 Å². The molecule has 1 aromatic rings. The van der Waals surface area contributed by atoms with E-state index in [0.717, 1.165) is 12.6 Å². The smallest absolute Gasteiger partial charge is 0.0537 e. The first-order valence-corrected chi connectivity index (χ1v) is 8.05. The molecule has 3 heteroatoms. The van der Waals surface area contributed by atoms with Crippen molar-refractivity contribution in [3.8, 4) is 0 Å². The summed E-state index contributed by atoms with van der Waals surface area (Å²) >= 11 is 0. The highest BCUT2D eigenvalue weighted by Crippen LogP contribution is 2.32. The molecule has 0 aromatic carbocycles. The van der Waals surface area contributed by atoms with Crippen LogP contribution in [0.1, 0.15) is 82.0 Å². The lowest BCUT2D eigenvalue weighted by Gasteiger charge is -2.25. The molecule has 0 spiro atoms. The van der Waals surface area contributed by atoms with Crippen LogP contribution in [-0.4, -0.2) is 15.8 Å². The third-order valence-electron chi connectivity index (χ3n) is 4.54. The lowest BCUT2D eigenvalue weighted by atomic mass is 9.94. The molecule has 1 N–H and O–H groups in total. The Kier molecular flexibility index (Phi) is 3.92. The van der Waals surface area contributed by atoms with Gasteiger partial charge in [0.1, 0.15) is 0 Å². The first-order chi connectivity index (χ1) is 9.25. The molecule has 0 saturated heterocycles. The maximum Gasteiger partial charge on any atom is 0.0537 e. The lowest BCUT2D eigenvalue weighted by Crippen LogP contribution is -2.20. The fourth-order valence-corrected chi connectivity index (χ4v) is 3.34.